The van der Waals surface area contributed by atoms with Crippen LogP contribution < -0.4 is 20.5 Å². The molecule has 36 heavy (non-hydrogen) atoms. The van der Waals surface area contributed by atoms with Gasteiger partial charge in [-0.15, -0.1) is 0 Å². The van der Waals surface area contributed by atoms with Crippen LogP contribution in [0.25, 0.3) is 11.0 Å². The number of methoxy groups -OCH3 is 1. The molecule has 2 aromatic carbocycles. The molecule has 0 aliphatic carbocycles. The van der Waals surface area contributed by atoms with E-state index in [0.29, 0.717) is 30.5 Å². The summed E-state index contributed by atoms with van der Waals surface area (Å²) in [5, 5.41) is 3.05. The van der Waals surface area contributed by atoms with Crippen molar-refractivity contribution in [3.05, 3.63) is 77.7 Å². The fraction of sp³-hybridized carbons (Fsp3) is 0.321. The summed E-state index contributed by atoms with van der Waals surface area (Å²) in [5.74, 6) is 1.75. The molecule has 0 aliphatic rings. The lowest BCUT2D eigenvalue weighted by molar-refractivity contribution is -0.125. The minimum atomic E-state index is -0.754. The molecule has 0 saturated heterocycles. The van der Waals surface area contributed by atoms with E-state index in [-0.39, 0.29) is 5.91 Å². The first-order valence-corrected chi connectivity index (χ1v) is 12.1. The van der Waals surface area contributed by atoms with E-state index in [2.05, 4.69) is 20.3 Å². The third-order valence-electron chi connectivity index (χ3n) is 6.35. The number of amides is 1. The van der Waals surface area contributed by atoms with Gasteiger partial charge in [-0.1, -0.05) is 12.1 Å². The molecular weight excluding hydrogens is 454 g/mol. The standard InChI is InChI=1S/C28H33N5O3/c1-28(2,27(34)31-17-20-7-9-22-23(14-20)33-18-32-22)21-8-10-24(25(16-21)35-3)36-13-5-4-6-19-11-12-30-26(29)15-19/h7-12,14-16,18H,4-6,13,17H2,1-3H3,(H2,29,30)(H,31,34)(H,32,33). The van der Waals surface area contributed by atoms with Gasteiger partial charge in [-0.2, -0.15) is 0 Å². The number of nitrogens with zero attached hydrogens (tertiary/aromatic N) is 2. The molecule has 4 N–H and O–H groups in total. The van der Waals surface area contributed by atoms with Crippen LogP contribution in [0, 0.1) is 0 Å². The van der Waals surface area contributed by atoms with Gasteiger partial charge in [0.25, 0.3) is 0 Å². The van der Waals surface area contributed by atoms with Gasteiger partial charge in [-0.05, 0) is 86.2 Å². The second-order valence-corrected chi connectivity index (χ2v) is 9.32. The van der Waals surface area contributed by atoms with Crippen LogP contribution in [0.1, 0.15) is 43.4 Å². The first-order valence-electron chi connectivity index (χ1n) is 12.1. The largest absolute Gasteiger partial charge is 0.493 e. The number of nitrogens with two attached hydrogens (primary N) is 1. The lowest BCUT2D eigenvalue weighted by atomic mass is 9.83. The predicted octanol–water partition coefficient (Wildman–Crippen LogP) is 4.54. The number of carbonyl (C=O) groups excluding carboxylic acids is 1. The molecule has 0 unspecified atom stereocenters. The zero-order chi connectivity index (χ0) is 25.5. The van der Waals surface area contributed by atoms with Crippen molar-refractivity contribution in [1.29, 1.82) is 0 Å². The molecule has 0 saturated carbocycles. The average molecular weight is 488 g/mol. The van der Waals surface area contributed by atoms with Gasteiger partial charge in [0.05, 0.1) is 36.5 Å². The highest BCUT2D eigenvalue weighted by atomic mass is 16.5. The van der Waals surface area contributed by atoms with Gasteiger partial charge in [-0.3, -0.25) is 4.79 Å². The van der Waals surface area contributed by atoms with E-state index < -0.39 is 5.41 Å². The number of carbonyl (C=O) groups is 1. The molecule has 2 heterocycles. The van der Waals surface area contributed by atoms with E-state index in [4.69, 9.17) is 15.2 Å². The monoisotopic (exact) mass is 487 g/mol. The maximum absolute atomic E-state index is 13.1. The van der Waals surface area contributed by atoms with Crippen molar-refractivity contribution in [1.82, 2.24) is 20.3 Å². The molecule has 0 aliphatic heterocycles. The number of fused-ring (bicyclic) bond motifs is 1. The molecule has 8 heteroatoms. The van der Waals surface area contributed by atoms with E-state index in [0.717, 1.165) is 41.4 Å². The predicted molar refractivity (Wildman–Crippen MR) is 141 cm³/mol. The summed E-state index contributed by atoms with van der Waals surface area (Å²) >= 11 is 0. The summed E-state index contributed by atoms with van der Waals surface area (Å²) in [6, 6.07) is 15.5. The first-order chi connectivity index (χ1) is 17.4. The number of hydrogen-bond donors (Lipinski definition) is 3. The molecular formula is C28H33N5O3. The summed E-state index contributed by atoms with van der Waals surface area (Å²) in [6.07, 6.45) is 6.19. The molecule has 2 aromatic heterocycles. The van der Waals surface area contributed by atoms with Gasteiger partial charge < -0.3 is 25.5 Å². The van der Waals surface area contributed by atoms with Gasteiger partial charge >= 0.3 is 0 Å². The number of aryl methyl sites for hydroxylation is 1. The third-order valence-corrected chi connectivity index (χ3v) is 6.35. The van der Waals surface area contributed by atoms with Gasteiger partial charge in [0.2, 0.25) is 5.91 Å². The minimum Gasteiger partial charge on any atom is -0.493 e. The molecule has 188 valence electrons. The van der Waals surface area contributed by atoms with Crippen LogP contribution in [0.2, 0.25) is 0 Å². The Bertz CT molecular complexity index is 1330. The Morgan fingerprint density at radius 3 is 2.69 bits per heavy atom. The van der Waals surface area contributed by atoms with Crippen molar-refractivity contribution < 1.29 is 14.3 Å². The lowest BCUT2D eigenvalue weighted by Crippen LogP contribution is -2.39. The van der Waals surface area contributed by atoms with Crippen LogP contribution in [0.15, 0.2) is 61.1 Å². The maximum atomic E-state index is 13.1. The number of nitrogens with one attached hydrogen (secondary N) is 2. The highest BCUT2D eigenvalue weighted by Crippen LogP contribution is 2.34. The Hall–Kier alpha value is -4.07. The number of hydrogen-bond acceptors (Lipinski definition) is 6. The van der Waals surface area contributed by atoms with Gasteiger partial charge in [0.1, 0.15) is 5.82 Å². The van der Waals surface area contributed by atoms with Crippen LogP contribution in [0.4, 0.5) is 5.82 Å². The van der Waals surface area contributed by atoms with Crippen LogP contribution in [-0.2, 0) is 23.2 Å². The molecule has 4 rings (SSSR count). The smallest absolute Gasteiger partial charge is 0.230 e. The van der Waals surface area contributed by atoms with Gasteiger partial charge in [0, 0.05) is 12.7 Å². The summed E-state index contributed by atoms with van der Waals surface area (Å²) in [6.45, 7) is 4.81. The molecule has 0 fully saturated rings. The number of aromatic amines is 1. The Morgan fingerprint density at radius 1 is 1.03 bits per heavy atom. The van der Waals surface area contributed by atoms with Crippen LogP contribution >= 0.6 is 0 Å². The van der Waals surface area contributed by atoms with Crippen molar-refractivity contribution in [3.63, 3.8) is 0 Å². The highest BCUT2D eigenvalue weighted by Gasteiger charge is 2.30. The van der Waals surface area contributed by atoms with E-state index >= 15 is 0 Å². The second kappa shape index (κ2) is 11.1. The Balaban J connectivity index is 1.32. The molecule has 0 radical (unpaired) electrons. The Morgan fingerprint density at radius 2 is 1.89 bits per heavy atom. The van der Waals surface area contributed by atoms with E-state index in [1.54, 1.807) is 19.6 Å². The van der Waals surface area contributed by atoms with E-state index in [9.17, 15) is 4.79 Å². The van der Waals surface area contributed by atoms with Crippen molar-refractivity contribution >= 4 is 22.8 Å². The number of anilines is 1. The molecule has 0 bridgehead atoms. The average Bonchev–Trinajstić information content (AvgIpc) is 3.35. The number of H-pyrrole nitrogens is 1. The molecule has 1 amide bonds. The van der Waals surface area contributed by atoms with Gasteiger partial charge in [-0.25, -0.2) is 9.97 Å². The van der Waals surface area contributed by atoms with Crippen LogP contribution in [0.5, 0.6) is 11.5 Å². The van der Waals surface area contributed by atoms with Crippen molar-refractivity contribution in [3.8, 4) is 11.5 Å². The van der Waals surface area contributed by atoms with Crippen molar-refractivity contribution in [2.75, 3.05) is 19.5 Å². The number of ether oxygens (including phenoxy) is 2. The Kier molecular flexibility index (Phi) is 7.73. The number of nitrogen functional groups attached to an aromatic ring is 1. The topological polar surface area (TPSA) is 115 Å². The molecule has 0 atom stereocenters. The molecule has 0 spiro atoms. The summed E-state index contributed by atoms with van der Waals surface area (Å²) in [4.78, 5) is 24.5. The van der Waals surface area contributed by atoms with E-state index in [1.165, 1.54) is 5.56 Å². The Labute approximate surface area is 211 Å². The van der Waals surface area contributed by atoms with Crippen molar-refractivity contribution in [2.45, 2.75) is 45.1 Å². The van der Waals surface area contributed by atoms with Gasteiger partial charge in [0.15, 0.2) is 11.5 Å². The lowest BCUT2D eigenvalue weighted by Gasteiger charge is -2.25. The third kappa shape index (κ3) is 5.94. The number of rotatable bonds is 11. The second-order valence-electron chi connectivity index (χ2n) is 9.32. The quantitative estimate of drug-likeness (QED) is 0.268. The summed E-state index contributed by atoms with van der Waals surface area (Å²) < 4.78 is 11.6. The first kappa shape index (κ1) is 25.0. The SMILES string of the molecule is COc1cc(C(C)(C)C(=O)NCc2ccc3nc[nH]c3c2)ccc1OCCCCc1ccnc(N)c1. The zero-order valence-corrected chi connectivity index (χ0v) is 21.0. The fourth-order valence-electron chi connectivity index (χ4n) is 4.07. The fourth-order valence-corrected chi connectivity index (χ4v) is 4.07. The molecule has 8 nitrogen and oxygen atoms in total. The highest BCUT2D eigenvalue weighted by molar-refractivity contribution is 5.87. The summed E-state index contributed by atoms with van der Waals surface area (Å²) in [7, 11) is 1.61. The van der Waals surface area contributed by atoms with Crippen molar-refractivity contribution in [2.24, 2.45) is 0 Å². The minimum absolute atomic E-state index is 0.0697. The van der Waals surface area contributed by atoms with Crippen LogP contribution in [0.3, 0.4) is 0 Å². The number of benzene rings is 2. The number of pyridine rings is 1. The number of aromatic nitrogens is 3. The molecule has 4 aromatic rings. The maximum Gasteiger partial charge on any atom is 0.230 e. The number of unbranched alkanes of at least 4 members (excludes halogenated alkanes) is 1. The van der Waals surface area contributed by atoms with E-state index in [1.807, 2.05) is 62.4 Å². The zero-order valence-electron chi connectivity index (χ0n) is 21.0. The van der Waals surface area contributed by atoms with Crippen LogP contribution in [-0.4, -0.2) is 34.6 Å². The normalized spacial score (nSPS) is 11.4. The summed E-state index contributed by atoms with van der Waals surface area (Å²) in [5.41, 5.74) is 9.86. The number of imidazole rings is 1.